The smallest absolute Gasteiger partial charge is 0.409 e. The third-order valence-corrected chi connectivity index (χ3v) is 11.4. The highest BCUT2D eigenvalue weighted by molar-refractivity contribution is 6.01. The number of benzene rings is 2. The van der Waals surface area contributed by atoms with Gasteiger partial charge in [0.1, 0.15) is 11.3 Å². The minimum Gasteiger partial charge on any atom is -0.494 e. The first kappa shape index (κ1) is 30.2. The number of hydrogen-bond donors (Lipinski definition) is 1. The number of carbonyl (C=O) groups is 2. The normalized spacial score (nSPS) is 22.0. The number of para-hydroxylation sites is 1. The summed E-state index contributed by atoms with van der Waals surface area (Å²) in [6.07, 6.45) is 8.06. The number of nitrogens with zero attached hydrogens (tertiary/aromatic N) is 7. The molecule has 3 atom stereocenters. The molecular weight excluding hydrogens is 620 g/mol. The molecule has 2 aromatic carbocycles. The highest BCUT2D eigenvalue weighted by Crippen LogP contribution is 2.42. The molecule has 0 unspecified atom stereocenters. The third kappa shape index (κ3) is 4.90. The topological polar surface area (TPSA) is 126 Å². The predicted octanol–water partition coefficient (Wildman–Crippen LogP) is 4.59. The van der Waals surface area contributed by atoms with Crippen molar-refractivity contribution in [2.45, 2.75) is 56.8 Å². The first-order chi connectivity index (χ1) is 23.8. The highest BCUT2D eigenvalue weighted by Gasteiger charge is 2.47. The number of likely N-dealkylation sites (tertiary alicyclic amines) is 2. The van der Waals surface area contributed by atoms with Crippen LogP contribution in [0.15, 0.2) is 48.8 Å². The molecule has 2 bridgehead atoms. The van der Waals surface area contributed by atoms with Crippen LogP contribution in [0, 0.1) is 11.8 Å². The van der Waals surface area contributed by atoms with Crippen molar-refractivity contribution in [2.24, 2.45) is 24.6 Å². The zero-order chi connectivity index (χ0) is 33.6. The second-order valence-electron chi connectivity index (χ2n) is 14.5. The summed E-state index contributed by atoms with van der Waals surface area (Å²) in [7, 11) is 5.01. The number of nitrogens with two attached hydrogens (primary N) is 1. The van der Waals surface area contributed by atoms with Crippen molar-refractivity contribution in [1.82, 2.24) is 33.7 Å². The number of rotatable bonds is 8. The lowest BCUT2D eigenvalue weighted by molar-refractivity contribution is 0.0700. The van der Waals surface area contributed by atoms with Crippen LogP contribution in [0.1, 0.15) is 53.1 Å². The number of imidazole rings is 1. The van der Waals surface area contributed by atoms with Gasteiger partial charge in [-0.15, -0.1) is 0 Å². The molecule has 2 aliphatic heterocycles. The zero-order valence-electron chi connectivity index (χ0n) is 28.2. The Kier molecular flexibility index (Phi) is 7.01. The second-order valence-corrected chi connectivity index (χ2v) is 14.5. The molecule has 2 amide bonds. The maximum absolute atomic E-state index is 14.0. The molecule has 2 aliphatic carbocycles. The van der Waals surface area contributed by atoms with Gasteiger partial charge < -0.3 is 34.1 Å². The Hall–Kier alpha value is -4.84. The average Bonchev–Trinajstić information content (AvgIpc) is 3.34. The number of piperidine rings is 1. The number of ether oxygens (including phenoxy) is 2. The number of aryl methyl sites for hydroxylation is 1. The van der Waals surface area contributed by atoms with Crippen LogP contribution in [-0.4, -0.2) is 91.6 Å². The van der Waals surface area contributed by atoms with E-state index in [9.17, 15) is 9.59 Å². The number of methoxy groups -OCH3 is 2. The van der Waals surface area contributed by atoms with Crippen LogP contribution in [0.4, 0.5) is 4.79 Å². The van der Waals surface area contributed by atoms with Gasteiger partial charge in [-0.3, -0.25) is 9.48 Å². The molecule has 4 fully saturated rings. The van der Waals surface area contributed by atoms with E-state index >= 15 is 0 Å². The van der Waals surface area contributed by atoms with Gasteiger partial charge in [0, 0.05) is 73.9 Å². The Morgan fingerprint density at radius 2 is 1.84 bits per heavy atom. The summed E-state index contributed by atoms with van der Waals surface area (Å²) >= 11 is 0. The van der Waals surface area contributed by atoms with E-state index in [1.807, 2.05) is 41.2 Å². The minimum atomic E-state index is -0.284. The molecule has 5 aromatic rings. The minimum absolute atomic E-state index is 0.0137. The summed E-state index contributed by atoms with van der Waals surface area (Å²) in [5.74, 6) is 2.61. The molecule has 4 aliphatic rings. The van der Waals surface area contributed by atoms with Crippen molar-refractivity contribution < 1.29 is 19.1 Å². The largest absolute Gasteiger partial charge is 0.494 e. The first-order valence-corrected chi connectivity index (χ1v) is 17.4. The lowest BCUT2D eigenvalue weighted by Gasteiger charge is -2.38. The summed E-state index contributed by atoms with van der Waals surface area (Å²) in [5.41, 5.74) is 13.1. The summed E-state index contributed by atoms with van der Waals surface area (Å²) < 4.78 is 17.5. The average molecular weight is 663 g/mol. The van der Waals surface area contributed by atoms with Gasteiger partial charge in [-0.1, -0.05) is 18.2 Å². The molecule has 12 heteroatoms. The third-order valence-electron chi connectivity index (χ3n) is 11.4. The molecule has 5 heterocycles. The molecule has 2 saturated carbocycles. The van der Waals surface area contributed by atoms with E-state index in [0.29, 0.717) is 54.8 Å². The predicted molar refractivity (Wildman–Crippen MR) is 184 cm³/mol. The van der Waals surface area contributed by atoms with Crippen LogP contribution in [0.25, 0.3) is 33.5 Å². The van der Waals surface area contributed by atoms with E-state index < -0.39 is 0 Å². The molecule has 0 spiro atoms. The number of fused-ring (bicyclic) bond motifs is 4. The van der Waals surface area contributed by atoms with Crippen LogP contribution in [-0.2, 0) is 24.9 Å². The van der Waals surface area contributed by atoms with Gasteiger partial charge in [-0.2, -0.15) is 5.10 Å². The molecule has 9 rings (SSSR count). The fraction of sp³-hybridized carbons (Fsp3) is 0.459. The lowest BCUT2D eigenvalue weighted by Crippen LogP contribution is -2.48. The van der Waals surface area contributed by atoms with Crippen LogP contribution in [0.3, 0.4) is 0 Å². The van der Waals surface area contributed by atoms with Crippen LogP contribution < -0.4 is 10.5 Å². The number of carbonyl (C=O) groups excluding carboxylic acids is 2. The Morgan fingerprint density at radius 3 is 2.51 bits per heavy atom. The second kappa shape index (κ2) is 11.4. The van der Waals surface area contributed by atoms with Gasteiger partial charge in [0.15, 0.2) is 5.82 Å². The quantitative estimate of drug-likeness (QED) is 0.258. The fourth-order valence-corrected chi connectivity index (χ4v) is 8.61. The zero-order valence-corrected chi connectivity index (χ0v) is 28.2. The van der Waals surface area contributed by atoms with Gasteiger partial charge in [0.05, 0.1) is 43.7 Å². The van der Waals surface area contributed by atoms with Crippen molar-refractivity contribution >= 4 is 33.9 Å². The maximum atomic E-state index is 14.0. The van der Waals surface area contributed by atoms with E-state index in [1.54, 1.807) is 12.0 Å². The van der Waals surface area contributed by atoms with Gasteiger partial charge in [-0.05, 0) is 61.3 Å². The molecule has 12 nitrogen and oxygen atoms in total. The van der Waals surface area contributed by atoms with Crippen LogP contribution in [0.5, 0.6) is 5.75 Å². The molecule has 254 valence electrons. The van der Waals surface area contributed by atoms with Crippen LogP contribution >= 0.6 is 0 Å². The Morgan fingerprint density at radius 1 is 1.00 bits per heavy atom. The molecule has 3 aromatic heterocycles. The highest BCUT2D eigenvalue weighted by atomic mass is 16.5. The van der Waals surface area contributed by atoms with Gasteiger partial charge in [0.2, 0.25) is 0 Å². The Bertz CT molecular complexity index is 2120. The van der Waals surface area contributed by atoms with Gasteiger partial charge >= 0.3 is 6.09 Å². The van der Waals surface area contributed by atoms with E-state index in [0.717, 1.165) is 47.4 Å². The van der Waals surface area contributed by atoms with Crippen molar-refractivity contribution in [3.8, 4) is 17.3 Å². The first-order valence-electron chi connectivity index (χ1n) is 17.4. The van der Waals surface area contributed by atoms with Crippen molar-refractivity contribution in [3.05, 3.63) is 65.5 Å². The molecule has 0 radical (unpaired) electrons. The maximum Gasteiger partial charge on any atom is 0.409 e. The SMILES string of the molecule is COC(=O)N1CC(c2cccc3cc(-c4nc5cc(C(=O)N6C[C@H]7CC[C@@H]6[C@@H]7N)cc(OC)c5n4Cc4cnn(C)c4)n(CC4CC4)c23)C1. The fourth-order valence-electron chi connectivity index (χ4n) is 8.61. The summed E-state index contributed by atoms with van der Waals surface area (Å²) in [5, 5.41) is 5.60. The van der Waals surface area contributed by atoms with Crippen molar-refractivity contribution in [1.29, 1.82) is 0 Å². The number of hydrogen-bond acceptors (Lipinski definition) is 7. The Balaban J connectivity index is 1.20. The number of aromatic nitrogens is 5. The molecule has 2 N–H and O–H groups in total. The summed E-state index contributed by atoms with van der Waals surface area (Å²) in [4.78, 5) is 35.2. The Labute approximate surface area is 284 Å². The van der Waals surface area contributed by atoms with E-state index in [2.05, 4.69) is 38.5 Å². The summed E-state index contributed by atoms with van der Waals surface area (Å²) in [6, 6.07) is 12.7. The lowest BCUT2D eigenvalue weighted by atomic mass is 9.90. The van der Waals surface area contributed by atoms with Crippen molar-refractivity contribution in [2.75, 3.05) is 33.9 Å². The van der Waals surface area contributed by atoms with Crippen molar-refractivity contribution in [3.63, 3.8) is 0 Å². The molecule has 2 saturated heterocycles. The van der Waals surface area contributed by atoms with Crippen LogP contribution in [0.2, 0.25) is 0 Å². The molecule has 49 heavy (non-hydrogen) atoms. The summed E-state index contributed by atoms with van der Waals surface area (Å²) in [6.45, 7) is 3.38. The van der Waals surface area contributed by atoms with Gasteiger partial charge in [0.25, 0.3) is 5.91 Å². The van der Waals surface area contributed by atoms with Gasteiger partial charge in [-0.25, -0.2) is 9.78 Å². The monoisotopic (exact) mass is 662 g/mol. The van der Waals surface area contributed by atoms with E-state index in [4.69, 9.17) is 20.2 Å². The molecular formula is C37H42N8O4. The van der Waals surface area contributed by atoms with E-state index in [1.165, 1.54) is 31.0 Å². The number of amides is 2. The standard InChI is InChI=1S/C37H42N8O4/c1-41-15-22(14-39-41)17-45-34-28(11-25(13-31(34)48-2)36(46)44-20-24-9-10-29(44)32(24)38)40-35(45)30-12-23-5-4-6-27(26-18-42(19-26)37(47)49-3)33(23)43(30)16-21-7-8-21/h4-6,11-15,21,24,26,29,32H,7-10,16-20,38H2,1-3H3/t24-,29-,32-/m1/s1. The van der Waals surface area contributed by atoms with E-state index in [-0.39, 0.29) is 30.0 Å².